The van der Waals surface area contributed by atoms with Gasteiger partial charge in [-0.3, -0.25) is 4.79 Å². The van der Waals surface area contributed by atoms with Crippen molar-refractivity contribution in [3.8, 4) is 17.2 Å². The number of hydrogen-bond acceptors (Lipinski definition) is 6. The number of rotatable bonds is 9. The van der Waals surface area contributed by atoms with Gasteiger partial charge in [0.25, 0.3) is 5.91 Å². The average Bonchev–Trinajstić information content (AvgIpc) is 2.68. The number of anilines is 1. The van der Waals surface area contributed by atoms with Crippen molar-refractivity contribution in [2.75, 3.05) is 19.0 Å². The minimum Gasteiger partial charge on any atom is -0.487 e. The molecular formula is C23H28FNO6. The molecule has 0 saturated heterocycles. The van der Waals surface area contributed by atoms with Gasteiger partial charge in [0.2, 0.25) is 5.75 Å². The Hall–Kier alpha value is -3.29. The third-order valence-corrected chi connectivity index (χ3v) is 3.93. The summed E-state index contributed by atoms with van der Waals surface area (Å²) in [6.45, 7) is 9.66. The van der Waals surface area contributed by atoms with E-state index >= 15 is 0 Å². The summed E-state index contributed by atoms with van der Waals surface area (Å²) in [6, 6.07) is 6.81. The maximum absolute atomic E-state index is 14.2. The summed E-state index contributed by atoms with van der Waals surface area (Å²) < 4.78 is 36.1. The van der Waals surface area contributed by atoms with Crippen LogP contribution in [-0.4, -0.2) is 37.8 Å². The first-order valence-electron chi connectivity index (χ1n) is 9.99. The van der Waals surface area contributed by atoms with Crippen LogP contribution in [-0.2, 0) is 4.74 Å². The van der Waals surface area contributed by atoms with E-state index in [9.17, 15) is 14.0 Å². The zero-order valence-corrected chi connectivity index (χ0v) is 18.6. The molecule has 0 aromatic heterocycles. The van der Waals surface area contributed by atoms with Crippen LogP contribution in [0.25, 0.3) is 0 Å². The highest BCUT2D eigenvalue weighted by molar-refractivity contribution is 6.05. The second-order valence-electron chi connectivity index (χ2n) is 7.21. The molecule has 7 nitrogen and oxygen atoms in total. The van der Waals surface area contributed by atoms with Gasteiger partial charge in [-0.15, -0.1) is 0 Å². The van der Waals surface area contributed by atoms with Gasteiger partial charge in [0, 0.05) is 11.3 Å². The van der Waals surface area contributed by atoms with Crippen molar-refractivity contribution in [2.45, 2.75) is 46.8 Å². The summed E-state index contributed by atoms with van der Waals surface area (Å²) >= 11 is 0. The van der Waals surface area contributed by atoms with Crippen LogP contribution in [0.3, 0.4) is 0 Å². The van der Waals surface area contributed by atoms with Crippen molar-refractivity contribution in [1.29, 1.82) is 0 Å². The fourth-order valence-electron chi connectivity index (χ4n) is 2.75. The summed E-state index contributed by atoms with van der Waals surface area (Å²) in [7, 11) is 1.16. The lowest BCUT2D eigenvalue weighted by Gasteiger charge is -2.20. The molecule has 0 aliphatic carbocycles. The average molecular weight is 433 g/mol. The molecule has 0 fully saturated rings. The number of benzene rings is 2. The van der Waals surface area contributed by atoms with Crippen molar-refractivity contribution < 1.29 is 32.9 Å². The molecule has 0 atom stereocenters. The fourth-order valence-corrected chi connectivity index (χ4v) is 2.75. The van der Waals surface area contributed by atoms with Gasteiger partial charge in [0.15, 0.2) is 11.5 Å². The highest BCUT2D eigenvalue weighted by Crippen LogP contribution is 2.40. The van der Waals surface area contributed by atoms with Crippen LogP contribution in [0.15, 0.2) is 30.3 Å². The van der Waals surface area contributed by atoms with E-state index in [4.69, 9.17) is 14.2 Å². The van der Waals surface area contributed by atoms with Gasteiger partial charge in [-0.2, -0.15) is 0 Å². The predicted molar refractivity (Wildman–Crippen MR) is 115 cm³/mol. The fraction of sp³-hybridized carbons (Fsp3) is 0.391. The van der Waals surface area contributed by atoms with E-state index in [1.165, 1.54) is 12.1 Å². The number of esters is 1. The summed E-state index contributed by atoms with van der Waals surface area (Å²) in [5.74, 6) is -0.956. The predicted octanol–water partition coefficient (Wildman–Crippen LogP) is 4.84. The third-order valence-electron chi connectivity index (χ3n) is 3.93. The second-order valence-corrected chi connectivity index (χ2v) is 7.21. The molecule has 2 rings (SSSR count). The number of halogens is 1. The summed E-state index contributed by atoms with van der Waals surface area (Å²) in [5, 5.41) is 2.61. The molecular weight excluding hydrogens is 405 g/mol. The lowest BCUT2D eigenvalue weighted by molar-refractivity contribution is 0.0595. The highest BCUT2D eigenvalue weighted by Gasteiger charge is 2.21. The molecule has 0 aliphatic heterocycles. The maximum Gasteiger partial charge on any atom is 0.340 e. The topological polar surface area (TPSA) is 83.1 Å². The smallest absolute Gasteiger partial charge is 0.340 e. The third kappa shape index (κ3) is 6.34. The standard InChI is InChI=1S/C23H28FNO6/c1-7-29-21-19(30-13(2)3)10-15(11-20(21)31-14(4)5)22(26)25-16-8-9-17(18(24)12-16)23(27)28-6/h8-14H,7H2,1-6H3,(H,25,26). The molecule has 8 heteroatoms. The Kier molecular flexibility index (Phi) is 8.24. The Labute approximate surface area is 181 Å². The molecule has 0 unspecified atom stereocenters. The van der Waals surface area contributed by atoms with Gasteiger partial charge in [0.1, 0.15) is 5.82 Å². The minimum absolute atomic E-state index is 0.163. The van der Waals surface area contributed by atoms with Gasteiger partial charge < -0.3 is 24.3 Å². The van der Waals surface area contributed by atoms with Crippen molar-refractivity contribution in [3.63, 3.8) is 0 Å². The second kappa shape index (κ2) is 10.7. The number of amides is 1. The molecule has 1 amide bonds. The normalized spacial score (nSPS) is 10.7. The zero-order chi connectivity index (χ0) is 23.1. The van der Waals surface area contributed by atoms with Gasteiger partial charge in [-0.1, -0.05) is 0 Å². The van der Waals surface area contributed by atoms with Crippen LogP contribution in [0.5, 0.6) is 17.2 Å². The Morgan fingerprint density at radius 1 is 1.00 bits per heavy atom. The van der Waals surface area contributed by atoms with E-state index in [1.807, 2.05) is 34.6 Å². The number of hydrogen-bond donors (Lipinski definition) is 1. The SMILES string of the molecule is CCOc1c(OC(C)C)cc(C(=O)Nc2ccc(C(=O)OC)c(F)c2)cc1OC(C)C. The number of methoxy groups -OCH3 is 1. The Morgan fingerprint density at radius 2 is 1.58 bits per heavy atom. The number of nitrogens with one attached hydrogen (secondary N) is 1. The van der Waals surface area contributed by atoms with Gasteiger partial charge >= 0.3 is 5.97 Å². The van der Waals surface area contributed by atoms with E-state index in [-0.39, 0.29) is 29.0 Å². The monoisotopic (exact) mass is 433 g/mol. The zero-order valence-electron chi connectivity index (χ0n) is 18.6. The van der Waals surface area contributed by atoms with Crippen LogP contribution in [0.1, 0.15) is 55.3 Å². The van der Waals surface area contributed by atoms with Crippen LogP contribution in [0.4, 0.5) is 10.1 Å². The molecule has 31 heavy (non-hydrogen) atoms. The summed E-state index contributed by atoms with van der Waals surface area (Å²) in [5.41, 5.74) is 0.204. The van der Waals surface area contributed by atoms with Crippen LogP contribution in [0, 0.1) is 5.82 Å². The van der Waals surface area contributed by atoms with E-state index in [0.29, 0.717) is 23.9 Å². The first-order chi connectivity index (χ1) is 14.7. The number of ether oxygens (including phenoxy) is 4. The summed E-state index contributed by atoms with van der Waals surface area (Å²) in [4.78, 5) is 24.4. The van der Waals surface area contributed by atoms with Crippen LogP contribution < -0.4 is 19.5 Å². The molecule has 0 saturated carbocycles. The van der Waals surface area contributed by atoms with Crippen molar-refractivity contribution in [2.24, 2.45) is 0 Å². The van der Waals surface area contributed by atoms with Crippen molar-refractivity contribution >= 4 is 17.6 Å². The number of carbonyl (C=O) groups excluding carboxylic acids is 2. The maximum atomic E-state index is 14.2. The molecule has 2 aromatic rings. The number of carbonyl (C=O) groups is 2. The largest absolute Gasteiger partial charge is 0.487 e. The Bertz CT molecular complexity index is 911. The van der Waals surface area contributed by atoms with Crippen LogP contribution in [0.2, 0.25) is 0 Å². The van der Waals surface area contributed by atoms with Crippen LogP contribution >= 0.6 is 0 Å². The quantitative estimate of drug-likeness (QED) is 0.570. The van der Waals surface area contributed by atoms with Gasteiger partial charge in [-0.25, -0.2) is 9.18 Å². The molecule has 0 aliphatic rings. The molecule has 0 bridgehead atoms. The van der Waals surface area contributed by atoms with Crippen molar-refractivity contribution in [1.82, 2.24) is 0 Å². The lowest BCUT2D eigenvalue weighted by atomic mass is 10.1. The van der Waals surface area contributed by atoms with E-state index < -0.39 is 17.7 Å². The van der Waals surface area contributed by atoms with Gasteiger partial charge in [-0.05, 0) is 65.0 Å². The highest BCUT2D eigenvalue weighted by atomic mass is 19.1. The van der Waals surface area contributed by atoms with E-state index in [1.54, 1.807) is 12.1 Å². The Morgan fingerprint density at radius 3 is 2.03 bits per heavy atom. The first kappa shape index (κ1) is 24.0. The van der Waals surface area contributed by atoms with E-state index in [0.717, 1.165) is 13.2 Å². The Balaban J connectivity index is 2.40. The first-order valence-corrected chi connectivity index (χ1v) is 9.99. The van der Waals surface area contributed by atoms with E-state index in [2.05, 4.69) is 10.1 Å². The molecule has 2 aromatic carbocycles. The molecule has 0 radical (unpaired) electrons. The lowest BCUT2D eigenvalue weighted by Crippen LogP contribution is -2.16. The molecule has 168 valence electrons. The minimum atomic E-state index is -0.802. The van der Waals surface area contributed by atoms with Gasteiger partial charge in [0.05, 0.1) is 31.5 Å². The molecule has 0 spiro atoms. The molecule has 0 heterocycles. The van der Waals surface area contributed by atoms with Crippen molar-refractivity contribution in [3.05, 3.63) is 47.3 Å². The molecule has 1 N–H and O–H groups in total. The summed E-state index contributed by atoms with van der Waals surface area (Å²) in [6.07, 6.45) is -0.325.